The predicted molar refractivity (Wildman–Crippen MR) is 123 cm³/mol. The van der Waals surface area contributed by atoms with Crippen LogP contribution < -0.4 is 4.74 Å². The zero-order valence-corrected chi connectivity index (χ0v) is 17.9. The molecule has 31 heavy (non-hydrogen) atoms. The van der Waals surface area contributed by atoms with E-state index >= 15 is 0 Å². The lowest BCUT2D eigenvalue weighted by molar-refractivity contribution is -0.137. The molecule has 0 aliphatic rings. The van der Waals surface area contributed by atoms with E-state index in [4.69, 9.17) is 14.8 Å². The first kappa shape index (κ1) is 22.6. The molecule has 0 aliphatic heterocycles. The van der Waals surface area contributed by atoms with Crippen molar-refractivity contribution in [2.45, 2.75) is 58.0 Å². The summed E-state index contributed by atoms with van der Waals surface area (Å²) < 4.78 is 6.00. The highest BCUT2D eigenvalue weighted by Crippen LogP contribution is 2.32. The largest absolute Gasteiger partial charge is 0.481 e. The molecule has 2 N–H and O–H groups in total. The average molecular weight is 420 g/mol. The summed E-state index contributed by atoms with van der Waals surface area (Å²) in [5.74, 6) is 5.55. The molecule has 5 heteroatoms. The Labute approximate surface area is 183 Å². The van der Waals surface area contributed by atoms with E-state index in [2.05, 4.69) is 30.9 Å². The Morgan fingerprint density at radius 3 is 2.71 bits per heavy atom. The Balaban J connectivity index is 1.85. The van der Waals surface area contributed by atoms with Gasteiger partial charge in [0.25, 0.3) is 0 Å². The molecule has 0 bridgehead atoms. The fourth-order valence-electron chi connectivity index (χ4n) is 3.48. The number of nitrogens with zero attached hydrogens (tertiary/aromatic N) is 1. The molecular formula is C26H29NO4. The van der Waals surface area contributed by atoms with E-state index < -0.39 is 12.1 Å². The number of fused-ring (bicyclic) bond motifs is 3. The van der Waals surface area contributed by atoms with E-state index in [9.17, 15) is 9.90 Å². The van der Waals surface area contributed by atoms with Crippen molar-refractivity contribution in [3.63, 3.8) is 0 Å². The average Bonchev–Trinajstić information content (AvgIpc) is 2.78. The maximum Gasteiger partial charge on any atom is 0.303 e. The molecule has 0 saturated carbocycles. The van der Waals surface area contributed by atoms with Crippen molar-refractivity contribution in [1.82, 2.24) is 4.98 Å². The van der Waals surface area contributed by atoms with Crippen LogP contribution >= 0.6 is 0 Å². The Kier molecular flexibility index (Phi) is 8.26. The van der Waals surface area contributed by atoms with Crippen LogP contribution in [0, 0.1) is 11.8 Å². The van der Waals surface area contributed by atoms with E-state index in [1.165, 1.54) is 0 Å². The van der Waals surface area contributed by atoms with E-state index in [1.54, 1.807) is 0 Å². The van der Waals surface area contributed by atoms with Gasteiger partial charge in [-0.1, -0.05) is 56.2 Å². The van der Waals surface area contributed by atoms with Crippen LogP contribution in [0.1, 0.15) is 63.5 Å². The van der Waals surface area contributed by atoms with Crippen molar-refractivity contribution in [1.29, 1.82) is 0 Å². The van der Waals surface area contributed by atoms with Crippen molar-refractivity contribution >= 4 is 27.6 Å². The second kappa shape index (κ2) is 11.3. The van der Waals surface area contributed by atoms with E-state index in [0.717, 1.165) is 40.9 Å². The fourth-order valence-corrected chi connectivity index (χ4v) is 3.48. The van der Waals surface area contributed by atoms with Crippen molar-refractivity contribution < 1.29 is 19.7 Å². The Bertz CT molecular complexity index is 1100. The van der Waals surface area contributed by atoms with Crippen molar-refractivity contribution in [2.75, 3.05) is 6.61 Å². The summed E-state index contributed by atoms with van der Waals surface area (Å²) >= 11 is 0. The zero-order valence-electron chi connectivity index (χ0n) is 17.9. The van der Waals surface area contributed by atoms with Gasteiger partial charge >= 0.3 is 5.97 Å². The van der Waals surface area contributed by atoms with Crippen LogP contribution in [0.5, 0.6) is 5.88 Å². The molecule has 162 valence electrons. The maximum absolute atomic E-state index is 10.8. The minimum atomic E-state index is -0.823. The first-order valence-corrected chi connectivity index (χ1v) is 10.9. The van der Waals surface area contributed by atoms with Gasteiger partial charge in [0.1, 0.15) is 0 Å². The number of hydrogen-bond acceptors (Lipinski definition) is 4. The van der Waals surface area contributed by atoms with Gasteiger partial charge < -0.3 is 14.9 Å². The van der Waals surface area contributed by atoms with E-state index in [0.29, 0.717) is 30.9 Å². The Hall–Kier alpha value is -3.10. The summed E-state index contributed by atoms with van der Waals surface area (Å²) in [5.41, 5.74) is 1.50. The van der Waals surface area contributed by atoms with Crippen LogP contribution in [-0.4, -0.2) is 27.8 Å². The number of unbranched alkanes of at least 4 members (excludes halogenated alkanes) is 3. The SMILES string of the molecule is CCCCCOc1nc2c(ccc3ccccc32)cc1C(O)CC#CCCCC(=O)O. The van der Waals surface area contributed by atoms with Gasteiger partial charge in [-0.2, -0.15) is 0 Å². The van der Waals surface area contributed by atoms with E-state index in [-0.39, 0.29) is 12.8 Å². The summed E-state index contributed by atoms with van der Waals surface area (Å²) in [6, 6.07) is 14.1. The molecule has 0 amide bonds. The molecule has 5 nitrogen and oxygen atoms in total. The van der Waals surface area contributed by atoms with Gasteiger partial charge in [-0.15, -0.1) is 11.8 Å². The summed E-state index contributed by atoms with van der Waals surface area (Å²) in [5, 5.41) is 22.6. The Morgan fingerprint density at radius 1 is 1.10 bits per heavy atom. The number of rotatable bonds is 10. The van der Waals surface area contributed by atoms with Gasteiger partial charge in [-0.3, -0.25) is 4.79 Å². The fraction of sp³-hybridized carbons (Fsp3) is 0.385. The second-order valence-corrected chi connectivity index (χ2v) is 7.62. The van der Waals surface area contributed by atoms with Gasteiger partial charge in [0, 0.05) is 35.6 Å². The van der Waals surface area contributed by atoms with Crippen LogP contribution in [0.3, 0.4) is 0 Å². The topological polar surface area (TPSA) is 79.7 Å². The second-order valence-electron chi connectivity index (χ2n) is 7.62. The summed E-state index contributed by atoms with van der Waals surface area (Å²) in [7, 11) is 0. The minimum Gasteiger partial charge on any atom is -0.481 e. The predicted octanol–water partition coefficient (Wildman–Crippen LogP) is 5.64. The van der Waals surface area contributed by atoms with Crippen molar-refractivity contribution in [2.24, 2.45) is 0 Å². The smallest absolute Gasteiger partial charge is 0.303 e. The molecule has 1 heterocycles. The molecule has 3 aromatic rings. The van der Waals surface area contributed by atoms with Crippen LogP contribution in [0.4, 0.5) is 0 Å². The molecular weight excluding hydrogens is 390 g/mol. The molecule has 1 atom stereocenters. The normalized spacial score (nSPS) is 11.8. The van der Waals surface area contributed by atoms with Crippen molar-refractivity contribution in [3.05, 3.63) is 48.0 Å². The Morgan fingerprint density at radius 2 is 1.90 bits per heavy atom. The number of carbonyl (C=O) groups is 1. The number of benzene rings is 2. The highest BCUT2D eigenvalue weighted by Gasteiger charge is 2.17. The van der Waals surface area contributed by atoms with Gasteiger partial charge in [-0.25, -0.2) is 4.98 Å². The quantitative estimate of drug-likeness (QED) is 0.253. The molecule has 0 aliphatic carbocycles. The highest BCUT2D eigenvalue weighted by molar-refractivity contribution is 6.05. The van der Waals surface area contributed by atoms with Crippen LogP contribution in [0.15, 0.2) is 42.5 Å². The molecule has 0 radical (unpaired) electrons. The lowest BCUT2D eigenvalue weighted by atomic mass is 10.0. The summed E-state index contributed by atoms with van der Waals surface area (Å²) in [6.07, 6.45) is 3.66. The van der Waals surface area contributed by atoms with E-state index in [1.807, 2.05) is 30.3 Å². The number of aromatic nitrogens is 1. The number of carboxylic acid groups (broad SMARTS) is 1. The monoisotopic (exact) mass is 419 g/mol. The lowest BCUT2D eigenvalue weighted by Crippen LogP contribution is -2.06. The third kappa shape index (κ3) is 6.19. The molecule has 0 spiro atoms. The number of aliphatic hydroxyl groups is 1. The first-order valence-electron chi connectivity index (χ1n) is 10.9. The van der Waals surface area contributed by atoms with Crippen LogP contribution in [0.2, 0.25) is 0 Å². The molecule has 0 saturated heterocycles. The third-order valence-electron chi connectivity index (χ3n) is 5.16. The molecule has 3 rings (SSSR count). The van der Waals surface area contributed by atoms with Gasteiger partial charge in [0.2, 0.25) is 5.88 Å². The number of hydrogen-bond donors (Lipinski definition) is 2. The van der Waals surface area contributed by atoms with Crippen LogP contribution in [0.25, 0.3) is 21.7 Å². The molecule has 2 aromatic carbocycles. The number of aliphatic carboxylic acids is 1. The highest BCUT2D eigenvalue weighted by atomic mass is 16.5. The molecule has 0 fully saturated rings. The van der Waals surface area contributed by atoms with Gasteiger partial charge in [0.05, 0.1) is 18.2 Å². The molecule has 1 unspecified atom stereocenters. The minimum absolute atomic E-state index is 0.107. The number of carboxylic acids is 1. The van der Waals surface area contributed by atoms with Gasteiger partial charge in [-0.05, 0) is 24.3 Å². The zero-order chi connectivity index (χ0) is 22.1. The number of pyridine rings is 1. The maximum atomic E-state index is 10.8. The standard InChI is InChI=1S/C26H29NO4/c1-2-3-10-17-31-26-22(23(28)13-6-4-5-7-14-24(29)30)18-20-16-15-19-11-8-9-12-21(19)25(20)27-26/h8-9,11-12,15-16,18,23,28H,2-3,5,7,10,13-14,17H2,1H3,(H,29,30). The van der Waals surface area contributed by atoms with Gasteiger partial charge in [0.15, 0.2) is 0 Å². The first-order chi connectivity index (χ1) is 15.1. The summed E-state index contributed by atoms with van der Waals surface area (Å²) in [6.45, 7) is 2.70. The number of aliphatic hydroxyl groups excluding tert-OH is 1. The van der Waals surface area contributed by atoms with Crippen LogP contribution in [-0.2, 0) is 4.79 Å². The van der Waals surface area contributed by atoms with Crippen molar-refractivity contribution in [3.8, 4) is 17.7 Å². The molecule has 1 aromatic heterocycles. The third-order valence-corrected chi connectivity index (χ3v) is 5.16. The lowest BCUT2D eigenvalue weighted by Gasteiger charge is -2.16. The number of ether oxygens (including phenoxy) is 1. The summed E-state index contributed by atoms with van der Waals surface area (Å²) in [4.78, 5) is 15.4.